The van der Waals surface area contributed by atoms with Gasteiger partial charge in [0.25, 0.3) is 10.0 Å². The van der Waals surface area contributed by atoms with Crippen molar-refractivity contribution in [2.75, 3.05) is 11.4 Å². The van der Waals surface area contributed by atoms with Crippen LogP contribution in [0.2, 0.25) is 10.0 Å². The van der Waals surface area contributed by atoms with E-state index >= 15 is 0 Å². The van der Waals surface area contributed by atoms with Crippen molar-refractivity contribution in [3.8, 4) is 0 Å². The number of rotatable bonds is 3. The lowest BCUT2D eigenvalue weighted by atomic mass is 10.3. The van der Waals surface area contributed by atoms with Crippen molar-refractivity contribution in [1.29, 1.82) is 0 Å². The zero-order valence-electron chi connectivity index (χ0n) is 10.3. The van der Waals surface area contributed by atoms with E-state index in [0.29, 0.717) is 0 Å². The van der Waals surface area contributed by atoms with Crippen molar-refractivity contribution in [3.05, 3.63) is 58.3 Å². The number of hydrogen-bond acceptors (Lipinski definition) is 2. The summed E-state index contributed by atoms with van der Waals surface area (Å²) >= 11 is 11.9. The van der Waals surface area contributed by atoms with Gasteiger partial charge in [-0.1, -0.05) is 29.3 Å². The molecule has 3 nitrogen and oxygen atoms in total. The van der Waals surface area contributed by atoms with E-state index in [4.69, 9.17) is 23.2 Å². The van der Waals surface area contributed by atoms with Crippen molar-refractivity contribution in [3.63, 3.8) is 0 Å². The average molecular weight is 334 g/mol. The van der Waals surface area contributed by atoms with E-state index in [-0.39, 0.29) is 20.6 Å². The Morgan fingerprint density at radius 2 is 1.65 bits per heavy atom. The van der Waals surface area contributed by atoms with Crippen LogP contribution in [0, 0.1) is 5.82 Å². The van der Waals surface area contributed by atoms with Gasteiger partial charge in [0.2, 0.25) is 0 Å². The summed E-state index contributed by atoms with van der Waals surface area (Å²) in [5, 5.41) is 0.396. The number of nitrogens with zero attached hydrogens (tertiary/aromatic N) is 1. The van der Waals surface area contributed by atoms with Gasteiger partial charge in [-0.05, 0) is 36.4 Å². The maximum atomic E-state index is 12.9. The van der Waals surface area contributed by atoms with Crippen molar-refractivity contribution >= 4 is 38.9 Å². The lowest BCUT2D eigenvalue weighted by Gasteiger charge is -2.21. The van der Waals surface area contributed by atoms with Gasteiger partial charge in [-0.15, -0.1) is 0 Å². The Bertz CT molecular complexity index is 733. The third kappa shape index (κ3) is 2.75. The van der Waals surface area contributed by atoms with Gasteiger partial charge in [-0.25, -0.2) is 12.8 Å². The summed E-state index contributed by atoms with van der Waals surface area (Å²) in [6.07, 6.45) is 0. The normalized spacial score (nSPS) is 11.4. The Labute approximate surface area is 126 Å². The highest BCUT2D eigenvalue weighted by molar-refractivity contribution is 7.92. The molecule has 0 aliphatic carbocycles. The van der Waals surface area contributed by atoms with Gasteiger partial charge in [-0.2, -0.15) is 0 Å². The second-order valence-electron chi connectivity index (χ2n) is 4.00. The number of benzene rings is 2. The topological polar surface area (TPSA) is 37.4 Å². The number of halogens is 3. The Morgan fingerprint density at radius 1 is 1.05 bits per heavy atom. The highest BCUT2D eigenvalue weighted by Crippen LogP contribution is 2.34. The average Bonchev–Trinajstić information content (AvgIpc) is 2.41. The molecule has 0 heterocycles. The number of hydrogen-bond donors (Lipinski definition) is 0. The molecule has 0 N–H and O–H groups in total. The van der Waals surface area contributed by atoms with Crippen LogP contribution < -0.4 is 4.31 Å². The van der Waals surface area contributed by atoms with Crippen LogP contribution in [0.4, 0.5) is 10.1 Å². The summed E-state index contributed by atoms with van der Waals surface area (Å²) in [4.78, 5) is -0.0301. The van der Waals surface area contributed by atoms with Gasteiger partial charge in [0.15, 0.2) is 0 Å². The molecule has 106 valence electrons. The molecule has 2 rings (SSSR count). The molecule has 0 aliphatic heterocycles. The fourth-order valence-corrected chi connectivity index (χ4v) is 3.31. The maximum Gasteiger partial charge on any atom is 0.264 e. The lowest BCUT2D eigenvalue weighted by Crippen LogP contribution is -2.26. The standard InChI is InChI=1S/C13H10Cl2FNO2S/c1-17(12-4-2-3-11(14)13(12)15)20(18,19)10-7-5-9(16)6-8-10/h2-8H,1H3. The van der Waals surface area contributed by atoms with E-state index in [2.05, 4.69) is 0 Å². The molecule has 20 heavy (non-hydrogen) atoms. The Hall–Kier alpha value is -1.30. The molecule has 2 aromatic rings. The summed E-state index contributed by atoms with van der Waals surface area (Å²) in [6, 6.07) is 9.25. The lowest BCUT2D eigenvalue weighted by molar-refractivity contribution is 0.593. The minimum Gasteiger partial charge on any atom is -0.268 e. The number of sulfonamides is 1. The van der Waals surface area contributed by atoms with E-state index in [1.807, 2.05) is 0 Å². The first-order chi connectivity index (χ1) is 9.34. The molecule has 2 aromatic carbocycles. The molecule has 0 fully saturated rings. The zero-order valence-corrected chi connectivity index (χ0v) is 12.7. The first-order valence-corrected chi connectivity index (χ1v) is 7.72. The Kier molecular flexibility index (Phi) is 4.22. The van der Waals surface area contributed by atoms with Crippen molar-refractivity contribution < 1.29 is 12.8 Å². The fraction of sp³-hybridized carbons (Fsp3) is 0.0769. The molecule has 0 aliphatic rings. The summed E-state index contributed by atoms with van der Waals surface area (Å²) in [5.74, 6) is -0.507. The van der Waals surface area contributed by atoms with E-state index in [1.165, 1.54) is 25.2 Å². The zero-order chi connectivity index (χ0) is 14.9. The molecule has 0 atom stereocenters. The predicted molar refractivity (Wildman–Crippen MR) is 78.5 cm³/mol. The predicted octanol–water partition coefficient (Wildman–Crippen LogP) is 3.96. The highest BCUT2D eigenvalue weighted by Gasteiger charge is 2.23. The van der Waals surface area contributed by atoms with E-state index in [1.54, 1.807) is 12.1 Å². The quantitative estimate of drug-likeness (QED) is 0.852. The molecular formula is C13H10Cl2FNO2S. The smallest absolute Gasteiger partial charge is 0.264 e. The largest absolute Gasteiger partial charge is 0.268 e. The number of anilines is 1. The van der Waals surface area contributed by atoms with Crippen LogP contribution >= 0.6 is 23.2 Å². The van der Waals surface area contributed by atoms with Gasteiger partial charge in [0.1, 0.15) is 5.82 Å². The van der Waals surface area contributed by atoms with Crippen LogP contribution in [0.15, 0.2) is 47.4 Å². The summed E-state index contributed by atoms with van der Waals surface area (Å²) in [7, 11) is -2.47. The fourth-order valence-electron chi connectivity index (χ4n) is 1.63. The molecule has 0 bridgehead atoms. The van der Waals surface area contributed by atoms with Gasteiger partial charge in [-0.3, -0.25) is 4.31 Å². The molecule has 7 heteroatoms. The van der Waals surface area contributed by atoms with Crippen LogP contribution in [0.1, 0.15) is 0 Å². The Balaban J connectivity index is 2.49. The summed E-state index contributed by atoms with van der Waals surface area (Å²) in [6.45, 7) is 0. The van der Waals surface area contributed by atoms with Crippen LogP contribution in [0.25, 0.3) is 0 Å². The van der Waals surface area contributed by atoms with Crippen molar-refractivity contribution in [2.24, 2.45) is 0 Å². The summed E-state index contributed by atoms with van der Waals surface area (Å²) < 4.78 is 38.7. The highest BCUT2D eigenvalue weighted by atomic mass is 35.5. The molecular weight excluding hydrogens is 324 g/mol. The van der Waals surface area contributed by atoms with Crippen LogP contribution in [-0.4, -0.2) is 15.5 Å². The van der Waals surface area contributed by atoms with E-state index in [9.17, 15) is 12.8 Å². The maximum absolute atomic E-state index is 12.9. The van der Waals surface area contributed by atoms with E-state index < -0.39 is 15.8 Å². The molecule has 0 amide bonds. The first kappa shape index (κ1) is 15.1. The van der Waals surface area contributed by atoms with Gasteiger partial charge in [0, 0.05) is 7.05 Å². The monoisotopic (exact) mass is 333 g/mol. The SMILES string of the molecule is CN(c1cccc(Cl)c1Cl)S(=O)(=O)c1ccc(F)cc1. The van der Waals surface area contributed by atoms with E-state index in [0.717, 1.165) is 16.4 Å². The minimum atomic E-state index is -3.82. The molecule has 0 radical (unpaired) electrons. The van der Waals surface area contributed by atoms with Crippen molar-refractivity contribution in [2.45, 2.75) is 4.90 Å². The molecule has 0 unspecified atom stereocenters. The second kappa shape index (κ2) is 5.60. The minimum absolute atomic E-state index is 0.0301. The van der Waals surface area contributed by atoms with Gasteiger partial charge >= 0.3 is 0 Å². The third-order valence-electron chi connectivity index (χ3n) is 2.74. The summed E-state index contributed by atoms with van der Waals surface area (Å²) in [5.41, 5.74) is 0.253. The van der Waals surface area contributed by atoms with Crippen LogP contribution in [0.5, 0.6) is 0 Å². The van der Waals surface area contributed by atoms with Crippen LogP contribution in [-0.2, 0) is 10.0 Å². The first-order valence-electron chi connectivity index (χ1n) is 5.52. The van der Waals surface area contributed by atoms with Gasteiger partial charge < -0.3 is 0 Å². The third-order valence-corrected chi connectivity index (χ3v) is 5.34. The Morgan fingerprint density at radius 3 is 2.25 bits per heavy atom. The molecule has 0 saturated carbocycles. The van der Waals surface area contributed by atoms with Crippen molar-refractivity contribution in [1.82, 2.24) is 0 Å². The molecule has 0 spiro atoms. The van der Waals surface area contributed by atoms with Gasteiger partial charge in [0.05, 0.1) is 20.6 Å². The molecule has 0 aromatic heterocycles. The molecule has 0 saturated heterocycles. The second-order valence-corrected chi connectivity index (χ2v) is 6.75. The van der Waals surface area contributed by atoms with Crippen LogP contribution in [0.3, 0.4) is 0 Å².